The maximum absolute atomic E-state index is 11.9. The van der Waals surface area contributed by atoms with Gasteiger partial charge >= 0.3 is 0 Å². The lowest BCUT2D eigenvalue weighted by molar-refractivity contribution is -0.116. The summed E-state index contributed by atoms with van der Waals surface area (Å²) in [4.78, 5) is 11.9. The molecule has 0 aliphatic carbocycles. The molecule has 1 atom stereocenters. The van der Waals surface area contributed by atoms with Crippen molar-refractivity contribution in [1.29, 1.82) is 0 Å². The minimum Gasteiger partial charge on any atom is -0.493 e. The second kappa shape index (κ2) is 8.43. The Morgan fingerprint density at radius 3 is 2.55 bits per heavy atom. The Morgan fingerprint density at radius 2 is 1.95 bits per heavy atom. The molecule has 0 heterocycles. The lowest BCUT2D eigenvalue weighted by Crippen LogP contribution is -2.14. The van der Waals surface area contributed by atoms with Crippen molar-refractivity contribution in [3.63, 3.8) is 0 Å². The second-order valence-corrected chi connectivity index (χ2v) is 4.84. The number of carbonyl (C=O) groups is 1. The maximum atomic E-state index is 11.9. The quantitative estimate of drug-likeness (QED) is 0.767. The highest BCUT2D eigenvalue weighted by molar-refractivity contribution is 5.91. The van der Waals surface area contributed by atoms with Gasteiger partial charge in [-0.3, -0.25) is 4.79 Å². The van der Waals surface area contributed by atoms with Gasteiger partial charge in [0.2, 0.25) is 5.91 Å². The largest absolute Gasteiger partial charge is 0.493 e. The summed E-state index contributed by atoms with van der Waals surface area (Å²) in [5.74, 6) is 1.71. The minimum atomic E-state index is 0.00101. The van der Waals surface area contributed by atoms with Crippen LogP contribution in [-0.2, 0) is 4.79 Å². The molecule has 112 valence electrons. The number of nitrogens with one attached hydrogen (secondary N) is 1. The summed E-state index contributed by atoms with van der Waals surface area (Å²) in [6.07, 6.45) is 2.29. The third-order valence-electron chi connectivity index (χ3n) is 3.19. The molecule has 0 radical (unpaired) electrons. The highest BCUT2D eigenvalue weighted by Gasteiger charge is 2.09. The summed E-state index contributed by atoms with van der Waals surface area (Å²) in [7, 11) is 3.15. The molecule has 0 aromatic heterocycles. The van der Waals surface area contributed by atoms with E-state index in [1.807, 2.05) is 0 Å². The van der Waals surface area contributed by atoms with Crippen LogP contribution >= 0.6 is 0 Å². The topological polar surface area (TPSA) is 73.6 Å². The number of ether oxygens (including phenoxy) is 2. The molecule has 0 spiro atoms. The smallest absolute Gasteiger partial charge is 0.224 e. The van der Waals surface area contributed by atoms with Gasteiger partial charge in [0.15, 0.2) is 11.5 Å². The zero-order valence-electron chi connectivity index (χ0n) is 12.4. The van der Waals surface area contributed by atoms with Gasteiger partial charge in [-0.15, -0.1) is 0 Å². The Balaban J connectivity index is 2.53. The van der Waals surface area contributed by atoms with Gasteiger partial charge in [-0.1, -0.05) is 6.92 Å². The van der Waals surface area contributed by atoms with Crippen molar-refractivity contribution >= 4 is 11.6 Å². The second-order valence-electron chi connectivity index (χ2n) is 4.84. The highest BCUT2D eigenvalue weighted by Crippen LogP contribution is 2.29. The third-order valence-corrected chi connectivity index (χ3v) is 3.19. The number of methoxy groups -OCH3 is 2. The fourth-order valence-electron chi connectivity index (χ4n) is 1.94. The van der Waals surface area contributed by atoms with Crippen molar-refractivity contribution in [2.24, 2.45) is 11.7 Å². The summed E-state index contributed by atoms with van der Waals surface area (Å²) in [5, 5.41) is 2.86. The molecular formula is C15H24N2O3. The van der Waals surface area contributed by atoms with Crippen LogP contribution in [0.3, 0.4) is 0 Å². The summed E-state index contributed by atoms with van der Waals surface area (Å²) in [6, 6.07) is 5.31. The Labute approximate surface area is 120 Å². The third kappa shape index (κ3) is 5.09. The van der Waals surface area contributed by atoms with Crippen molar-refractivity contribution in [1.82, 2.24) is 0 Å². The van der Waals surface area contributed by atoms with Crippen LogP contribution in [0.5, 0.6) is 11.5 Å². The number of hydrogen-bond acceptors (Lipinski definition) is 4. The Bertz CT molecular complexity index is 435. The number of rotatable bonds is 8. The number of hydrogen-bond donors (Lipinski definition) is 2. The first kappa shape index (κ1) is 16.3. The molecule has 20 heavy (non-hydrogen) atoms. The molecule has 0 fully saturated rings. The molecule has 5 heteroatoms. The average molecular weight is 280 g/mol. The van der Waals surface area contributed by atoms with E-state index in [9.17, 15) is 4.79 Å². The van der Waals surface area contributed by atoms with E-state index in [4.69, 9.17) is 15.2 Å². The van der Waals surface area contributed by atoms with Gasteiger partial charge in [0.25, 0.3) is 0 Å². The number of nitrogens with two attached hydrogens (primary N) is 1. The molecule has 1 amide bonds. The molecule has 0 aliphatic heterocycles. The number of anilines is 1. The van der Waals surface area contributed by atoms with Crippen LogP contribution in [0.15, 0.2) is 18.2 Å². The van der Waals surface area contributed by atoms with Crippen molar-refractivity contribution in [3.8, 4) is 11.5 Å². The summed E-state index contributed by atoms with van der Waals surface area (Å²) < 4.78 is 10.4. The van der Waals surface area contributed by atoms with Crippen LogP contribution in [0, 0.1) is 5.92 Å². The van der Waals surface area contributed by atoms with E-state index < -0.39 is 0 Å². The first-order chi connectivity index (χ1) is 9.60. The monoisotopic (exact) mass is 280 g/mol. The zero-order chi connectivity index (χ0) is 15.0. The predicted octanol–water partition coefficient (Wildman–Crippen LogP) is 2.41. The van der Waals surface area contributed by atoms with Crippen molar-refractivity contribution in [2.45, 2.75) is 26.2 Å². The van der Waals surface area contributed by atoms with E-state index in [0.29, 0.717) is 36.1 Å². The first-order valence-electron chi connectivity index (χ1n) is 6.82. The van der Waals surface area contributed by atoms with Crippen LogP contribution in [0.2, 0.25) is 0 Å². The van der Waals surface area contributed by atoms with Gasteiger partial charge in [-0.05, 0) is 37.4 Å². The average Bonchev–Trinajstić information content (AvgIpc) is 2.45. The van der Waals surface area contributed by atoms with E-state index >= 15 is 0 Å². The standard InChI is InChI=1S/C15H24N2O3/c1-11(8-9-16)4-7-15(18)17-12-5-6-13(19-2)14(10-12)20-3/h5-6,10-11H,4,7-9,16H2,1-3H3,(H,17,18). The fourth-order valence-corrected chi connectivity index (χ4v) is 1.94. The number of benzene rings is 1. The molecule has 0 saturated heterocycles. The zero-order valence-corrected chi connectivity index (χ0v) is 12.4. The first-order valence-corrected chi connectivity index (χ1v) is 6.82. The normalized spacial score (nSPS) is 11.8. The van der Waals surface area contributed by atoms with E-state index in [1.165, 1.54) is 0 Å². The van der Waals surface area contributed by atoms with Gasteiger partial charge < -0.3 is 20.5 Å². The van der Waals surface area contributed by atoms with Crippen molar-refractivity contribution < 1.29 is 14.3 Å². The lowest BCUT2D eigenvalue weighted by atomic mass is 10.0. The molecular weight excluding hydrogens is 256 g/mol. The fraction of sp³-hybridized carbons (Fsp3) is 0.533. The molecule has 0 aliphatic rings. The lowest BCUT2D eigenvalue weighted by Gasteiger charge is -2.12. The molecule has 5 nitrogen and oxygen atoms in total. The maximum Gasteiger partial charge on any atom is 0.224 e. The predicted molar refractivity (Wildman–Crippen MR) is 80.2 cm³/mol. The van der Waals surface area contributed by atoms with E-state index in [1.54, 1.807) is 32.4 Å². The molecule has 1 rings (SSSR count). The molecule has 1 aromatic carbocycles. The van der Waals surface area contributed by atoms with Crippen LogP contribution in [-0.4, -0.2) is 26.7 Å². The summed E-state index contributed by atoms with van der Waals surface area (Å²) >= 11 is 0. The van der Waals surface area contributed by atoms with Crippen LogP contribution in [0.1, 0.15) is 26.2 Å². The minimum absolute atomic E-state index is 0.00101. The SMILES string of the molecule is COc1ccc(NC(=O)CCC(C)CCN)cc1OC. The summed E-state index contributed by atoms with van der Waals surface area (Å²) in [5.41, 5.74) is 6.20. The molecule has 1 unspecified atom stereocenters. The van der Waals surface area contributed by atoms with Gasteiger partial charge in [-0.25, -0.2) is 0 Å². The molecule has 0 bridgehead atoms. The van der Waals surface area contributed by atoms with E-state index in [0.717, 1.165) is 12.8 Å². The number of amides is 1. The van der Waals surface area contributed by atoms with Gasteiger partial charge in [0, 0.05) is 18.2 Å². The number of carbonyl (C=O) groups excluding carboxylic acids is 1. The highest BCUT2D eigenvalue weighted by atomic mass is 16.5. The Morgan fingerprint density at radius 1 is 1.25 bits per heavy atom. The Kier molecular flexibility index (Phi) is 6.87. The summed E-state index contributed by atoms with van der Waals surface area (Å²) in [6.45, 7) is 2.77. The van der Waals surface area contributed by atoms with Crippen LogP contribution in [0.25, 0.3) is 0 Å². The van der Waals surface area contributed by atoms with E-state index in [-0.39, 0.29) is 5.91 Å². The Hall–Kier alpha value is -1.75. The van der Waals surface area contributed by atoms with Crippen molar-refractivity contribution in [3.05, 3.63) is 18.2 Å². The molecule has 0 saturated carbocycles. The molecule has 3 N–H and O–H groups in total. The van der Waals surface area contributed by atoms with Crippen LogP contribution in [0.4, 0.5) is 5.69 Å². The molecule has 1 aromatic rings. The van der Waals surface area contributed by atoms with Gasteiger partial charge in [-0.2, -0.15) is 0 Å². The van der Waals surface area contributed by atoms with Crippen LogP contribution < -0.4 is 20.5 Å². The van der Waals surface area contributed by atoms with Gasteiger partial charge in [0.05, 0.1) is 14.2 Å². The van der Waals surface area contributed by atoms with E-state index in [2.05, 4.69) is 12.2 Å². The van der Waals surface area contributed by atoms with Gasteiger partial charge in [0.1, 0.15) is 0 Å². The van der Waals surface area contributed by atoms with Crippen molar-refractivity contribution in [2.75, 3.05) is 26.1 Å².